The highest BCUT2D eigenvalue weighted by atomic mass is 16.2. The lowest BCUT2D eigenvalue weighted by Gasteiger charge is -2.41. The number of piperazine rings is 1. The molecule has 1 aromatic carbocycles. The van der Waals surface area contributed by atoms with Crippen molar-refractivity contribution in [1.29, 1.82) is 0 Å². The zero-order chi connectivity index (χ0) is 15.0. The van der Waals surface area contributed by atoms with Crippen molar-refractivity contribution in [2.24, 2.45) is 0 Å². The number of benzene rings is 1. The monoisotopic (exact) mass is 286 g/mol. The van der Waals surface area contributed by atoms with Crippen molar-refractivity contribution >= 4 is 11.8 Å². The Hall–Kier alpha value is -1.84. The van der Waals surface area contributed by atoms with Gasteiger partial charge in [0.05, 0.1) is 0 Å². The normalized spacial score (nSPS) is 20.7. The molecule has 0 bridgehead atoms. The molecule has 2 aliphatic rings. The Bertz CT molecular complexity index is 592. The minimum atomic E-state index is -0.786. The molecular weight excluding hydrogens is 264 g/mol. The summed E-state index contributed by atoms with van der Waals surface area (Å²) in [6.07, 6.45) is 4.60. The Labute approximate surface area is 125 Å². The standard InChI is InChI=1S/C17H22N2O2/c1-17(2)16(21)18-9-10-19(17)15(20)14-8-7-12-5-3-4-6-13(12)11-14/h7-8,11H,3-6,9-10H2,1-2H3,(H,18,21). The van der Waals surface area contributed by atoms with Crippen LogP contribution in [0.4, 0.5) is 0 Å². The van der Waals surface area contributed by atoms with Gasteiger partial charge in [0.15, 0.2) is 0 Å². The maximum absolute atomic E-state index is 12.8. The van der Waals surface area contributed by atoms with Gasteiger partial charge in [0.25, 0.3) is 5.91 Å². The second kappa shape index (κ2) is 5.17. The van der Waals surface area contributed by atoms with Crippen LogP contribution in [-0.2, 0) is 17.6 Å². The molecule has 4 nitrogen and oxygen atoms in total. The quantitative estimate of drug-likeness (QED) is 0.857. The van der Waals surface area contributed by atoms with Gasteiger partial charge in [-0.1, -0.05) is 6.07 Å². The molecule has 1 fully saturated rings. The fourth-order valence-corrected chi connectivity index (χ4v) is 3.28. The highest BCUT2D eigenvalue weighted by Crippen LogP contribution is 2.25. The first kappa shape index (κ1) is 14.1. The molecule has 1 aliphatic carbocycles. The third-order valence-electron chi connectivity index (χ3n) is 4.69. The van der Waals surface area contributed by atoms with Gasteiger partial charge in [0, 0.05) is 18.7 Å². The van der Waals surface area contributed by atoms with Crippen LogP contribution in [0.5, 0.6) is 0 Å². The van der Waals surface area contributed by atoms with E-state index in [9.17, 15) is 9.59 Å². The van der Waals surface area contributed by atoms with Gasteiger partial charge in [-0.2, -0.15) is 0 Å². The van der Waals surface area contributed by atoms with E-state index in [1.165, 1.54) is 24.0 Å². The number of amides is 2. The lowest BCUT2D eigenvalue weighted by Crippen LogP contribution is -2.63. The van der Waals surface area contributed by atoms with Crippen LogP contribution in [0.15, 0.2) is 18.2 Å². The minimum Gasteiger partial charge on any atom is -0.352 e. The highest BCUT2D eigenvalue weighted by Gasteiger charge is 2.40. The van der Waals surface area contributed by atoms with Gasteiger partial charge in [-0.15, -0.1) is 0 Å². The van der Waals surface area contributed by atoms with Gasteiger partial charge in [0.1, 0.15) is 5.54 Å². The molecule has 0 atom stereocenters. The van der Waals surface area contributed by atoms with E-state index in [1.54, 1.807) is 18.7 Å². The van der Waals surface area contributed by atoms with Crippen molar-refractivity contribution in [1.82, 2.24) is 10.2 Å². The number of hydrogen-bond donors (Lipinski definition) is 1. The molecule has 0 radical (unpaired) electrons. The van der Waals surface area contributed by atoms with Crippen molar-refractivity contribution < 1.29 is 9.59 Å². The lowest BCUT2D eigenvalue weighted by atomic mass is 9.89. The molecule has 1 aliphatic heterocycles. The number of nitrogens with zero attached hydrogens (tertiary/aromatic N) is 1. The van der Waals surface area contributed by atoms with Gasteiger partial charge in [0.2, 0.25) is 5.91 Å². The second-order valence-electron chi connectivity index (χ2n) is 6.46. The van der Waals surface area contributed by atoms with Crippen LogP contribution >= 0.6 is 0 Å². The Morgan fingerprint density at radius 1 is 1.19 bits per heavy atom. The molecule has 112 valence electrons. The Morgan fingerprint density at radius 3 is 2.67 bits per heavy atom. The zero-order valence-corrected chi connectivity index (χ0v) is 12.7. The Kier molecular flexibility index (Phi) is 3.47. The number of fused-ring (bicyclic) bond motifs is 1. The molecule has 4 heteroatoms. The van der Waals surface area contributed by atoms with Crippen LogP contribution < -0.4 is 5.32 Å². The van der Waals surface area contributed by atoms with Crippen molar-refractivity contribution in [2.75, 3.05) is 13.1 Å². The van der Waals surface area contributed by atoms with Crippen LogP contribution in [0.1, 0.15) is 48.2 Å². The summed E-state index contributed by atoms with van der Waals surface area (Å²) in [5.41, 5.74) is 2.59. The summed E-state index contributed by atoms with van der Waals surface area (Å²) in [5.74, 6) is -0.122. The second-order valence-corrected chi connectivity index (χ2v) is 6.46. The zero-order valence-electron chi connectivity index (χ0n) is 12.7. The first-order valence-electron chi connectivity index (χ1n) is 7.72. The van der Waals surface area contributed by atoms with E-state index in [2.05, 4.69) is 11.4 Å². The third-order valence-corrected chi connectivity index (χ3v) is 4.69. The first-order valence-corrected chi connectivity index (χ1v) is 7.72. The molecule has 0 spiro atoms. The smallest absolute Gasteiger partial charge is 0.254 e. The number of nitrogens with one attached hydrogen (secondary N) is 1. The number of carbonyl (C=O) groups is 2. The average molecular weight is 286 g/mol. The summed E-state index contributed by atoms with van der Waals surface area (Å²) in [4.78, 5) is 26.5. The molecular formula is C17H22N2O2. The molecule has 1 aromatic rings. The summed E-state index contributed by atoms with van der Waals surface area (Å²) < 4.78 is 0. The van der Waals surface area contributed by atoms with Crippen LogP contribution in [-0.4, -0.2) is 35.3 Å². The van der Waals surface area contributed by atoms with E-state index < -0.39 is 5.54 Å². The molecule has 1 saturated heterocycles. The molecule has 2 amide bonds. The van der Waals surface area contributed by atoms with Gasteiger partial charge in [-0.25, -0.2) is 0 Å². The van der Waals surface area contributed by atoms with E-state index in [0.29, 0.717) is 18.7 Å². The first-order chi connectivity index (χ1) is 10.00. The van der Waals surface area contributed by atoms with Crippen molar-refractivity contribution in [3.63, 3.8) is 0 Å². The minimum absolute atomic E-state index is 0.0387. The molecule has 0 saturated carbocycles. The van der Waals surface area contributed by atoms with Gasteiger partial charge in [-0.05, 0) is 62.8 Å². The number of rotatable bonds is 1. The molecule has 0 unspecified atom stereocenters. The largest absolute Gasteiger partial charge is 0.352 e. The molecule has 21 heavy (non-hydrogen) atoms. The van der Waals surface area contributed by atoms with Crippen molar-refractivity contribution in [2.45, 2.75) is 45.1 Å². The predicted molar refractivity (Wildman–Crippen MR) is 81.2 cm³/mol. The lowest BCUT2D eigenvalue weighted by molar-refractivity contribution is -0.133. The summed E-state index contributed by atoms with van der Waals surface area (Å²) in [6, 6.07) is 6.02. The van der Waals surface area contributed by atoms with Crippen LogP contribution in [0.3, 0.4) is 0 Å². The molecule has 0 aromatic heterocycles. The summed E-state index contributed by atoms with van der Waals surface area (Å²) in [7, 11) is 0. The predicted octanol–water partition coefficient (Wildman–Crippen LogP) is 1.92. The van der Waals surface area contributed by atoms with Crippen molar-refractivity contribution in [3.8, 4) is 0 Å². The fourth-order valence-electron chi connectivity index (χ4n) is 3.28. The molecule has 1 heterocycles. The summed E-state index contributed by atoms with van der Waals surface area (Å²) >= 11 is 0. The number of carbonyl (C=O) groups excluding carboxylic acids is 2. The maximum Gasteiger partial charge on any atom is 0.254 e. The Morgan fingerprint density at radius 2 is 1.90 bits per heavy atom. The van der Waals surface area contributed by atoms with Crippen LogP contribution in [0, 0.1) is 0 Å². The van der Waals surface area contributed by atoms with Gasteiger partial charge >= 0.3 is 0 Å². The van der Waals surface area contributed by atoms with E-state index in [0.717, 1.165) is 12.8 Å². The van der Waals surface area contributed by atoms with Gasteiger partial charge in [-0.3, -0.25) is 9.59 Å². The van der Waals surface area contributed by atoms with Crippen LogP contribution in [0.2, 0.25) is 0 Å². The van der Waals surface area contributed by atoms with Crippen molar-refractivity contribution in [3.05, 3.63) is 34.9 Å². The number of aryl methyl sites for hydroxylation is 2. The SMILES string of the molecule is CC1(C)C(=O)NCCN1C(=O)c1ccc2c(c1)CCCC2. The van der Waals surface area contributed by atoms with E-state index in [-0.39, 0.29) is 11.8 Å². The maximum atomic E-state index is 12.8. The van der Waals surface area contributed by atoms with Crippen LogP contribution in [0.25, 0.3) is 0 Å². The van der Waals surface area contributed by atoms with E-state index in [1.807, 2.05) is 12.1 Å². The highest BCUT2D eigenvalue weighted by molar-refractivity contribution is 5.99. The molecule has 3 rings (SSSR count). The average Bonchev–Trinajstić information content (AvgIpc) is 2.49. The third kappa shape index (κ3) is 2.43. The van der Waals surface area contributed by atoms with E-state index in [4.69, 9.17) is 0 Å². The number of hydrogen-bond acceptors (Lipinski definition) is 2. The fraction of sp³-hybridized carbons (Fsp3) is 0.529. The Balaban J connectivity index is 1.89. The summed E-state index contributed by atoms with van der Waals surface area (Å²) in [5, 5.41) is 2.83. The summed E-state index contributed by atoms with van der Waals surface area (Å²) in [6.45, 7) is 4.70. The van der Waals surface area contributed by atoms with E-state index >= 15 is 0 Å². The molecule has 1 N–H and O–H groups in total. The topological polar surface area (TPSA) is 49.4 Å². The van der Waals surface area contributed by atoms with Gasteiger partial charge < -0.3 is 10.2 Å².